The first-order valence-electron chi connectivity index (χ1n) is 11.2. The number of hydrogen-bond donors (Lipinski definition) is 0. The van der Waals surface area contributed by atoms with Crippen molar-refractivity contribution in [2.75, 3.05) is 0 Å². The third kappa shape index (κ3) is 1.31. The Kier molecular flexibility index (Phi) is 2.23. The summed E-state index contributed by atoms with van der Waals surface area (Å²) in [5, 5.41) is 0. The largest absolute Gasteiger partial charge is 0.0651 e. The van der Waals surface area contributed by atoms with Crippen molar-refractivity contribution in [3.05, 3.63) is 0 Å². The van der Waals surface area contributed by atoms with E-state index in [1.165, 1.54) is 47.8 Å². The molecule has 9 aliphatic rings. The number of rotatable bonds is 3. The van der Waals surface area contributed by atoms with Gasteiger partial charge in [0.1, 0.15) is 0 Å². The van der Waals surface area contributed by atoms with Gasteiger partial charge in [0.25, 0.3) is 0 Å². The van der Waals surface area contributed by atoms with Crippen molar-refractivity contribution < 1.29 is 0 Å². The second kappa shape index (κ2) is 3.88. The van der Waals surface area contributed by atoms with Gasteiger partial charge in [-0.25, -0.2) is 0 Å². The molecule has 9 unspecified atom stereocenters. The van der Waals surface area contributed by atoms with Gasteiger partial charge in [-0.1, -0.05) is 13.3 Å². The lowest BCUT2D eigenvalue weighted by Gasteiger charge is -2.63. The van der Waals surface area contributed by atoms with Gasteiger partial charge in [0.2, 0.25) is 0 Å². The lowest BCUT2D eigenvalue weighted by Crippen LogP contribution is -2.55. The Bertz CT molecular complexity index is 558. The highest BCUT2D eigenvalue weighted by atomic mass is 14.9. The molecule has 0 heteroatoms. The van der Waals surface area contributed by atoms with Crippen molar-refractivity contribution in [1.29, 1.82) is 0 Å². The molecule has 9 fully saturated rings. The van der Waals surface area contributed by atoms with Crippen LogP contribution in [-0.4, -0.2) is 0 Å². The van der Waals surface area contributed by atoms with Crippen LogP contribution in [0.3, 0.4) is 0 Å². The molecule has 0 N–H and O–H groups in total. The molecule has 5 bridgehead atoms. The van der Waals surface area contributed by atoms with Gasteiger partial charge in [0.15, 0.2) is 0 Å². The van der Waals surface area contributed by atoms with Crippen LogP contribution >= 0.6 is 0 Å². The lowest BCUT2D eigenvalue weighted by molar-refractivity contribution is -0.142. The Labute approximate surface area is 142 Å². The van der Waals surface area contributed by atoms with Gasteiger partial charge < -0.3 is 0 Å². The fourth-order valence-electron chi connectivity index (χ4n) is 10.8. The maximum atomic E-state index is 2.55. The summed E-state index contributed by atoms with van der Waals surface area (Å²) in [6, 6.07) is 0. The summed E-state index contributed by atoms with van der Waals surface area (Å²) in [6.07, 6.45) is 18.0. The molecular weight excluding hydrogens is 276 g/mol. The van der Waals surface area contributed by atoms with Gasteiger partial charge in [0.05, 0.1) is 0 Å². The van der Waals surface area contributed by atoms with E-state index in [1.54, 1.807) is 64.2 Å². The monoisotopic (exact) mass is 310 g/mol. The van der Waals surface area contributed by atoms with Crippen molar-refractivity contribution in [2.24, 2.45) is 64.1 Å². The first-order valence-corrected chi connectivity index (χ1v) is 11.2. The van der Waals surface area contributed by atoms with E-state index in [1.807, 2.05) is 0 Å². The topological polar surface area (TPSA) is 0 Å². The van der Waals surface area contributed by atoms with Gasteiger partial charge in [-0.3, -0.25) is 0 Å². The van der Waals surface area contributed by atoms with Gasteiger partial charge in [-0.05, 0) is 128 Å². The van der Waals surface area contributed by atoms with Gasteiger partial charge in [-0.2, -0.15) is 0 Å². The minimum absolute atomic E-state index is 0.874. The third-order valence-corrected chi connectivity index (χ3v) is 11.3. The quantitative estimate of drug-likeness (QED) is 0.607. The molecule has 9 rings (SSSR count). The average molecular weight is 311 g/mol. The maximum Gasteiger partial charge on any atom is -0.0221 e. The highest BCUT2D eigenvalue weighted by Crippen LogP contribution is 2.92. The first kappa shape index (κ1) is 13.2. The lowest BCUT2D eigenvalue weighted by atomic mass is 9.42. The second-order valence-corrected chi connectivity index (χ2v) is 11.5. The van der Waals surface area contributed by atoms with Crippen LogP contribution in [0.2, 0.25) is 0 Å². The molecule has 0 nitrogen and oxygen atoms in total. The second-order valence-electron chi connectivity index (χ2n) is 11.5. The Hall–Kier alpha value is 0. The van der Waals surface area contributed by atoms with Crippen LogP contribution in [0.25, 0.3) is 0 Å². The minimum atomic E-state index is 0.874. The molecule has 9 atom stereocenters. The van der Waals surface area contributed by atoms with Crippen LogP contribution in [0.5, 0.6) is 0 Å². The van der Waals surface area contributed by atoms with E-state index in [0.29, 0.717) is 0 Å². The molecule has 0 amide bonds. The summed E-state index contributed by atoms with van der Waals surface area (Å²) in [6.45, 7) is 2.55. The van der Waals surface area contributed by atoms with Crippen LogP contribution in [-0.2, 0) is 0 Å². The summed E-state index contributed by atoms with van der Waals surface area (Å²) in [4.78, 5) is 0. The molecule has 0 heterocycles. The van der Waals surface area contributed by atoms with Crippen molar-refractivity contribution in [3.63, 3.8) is 0 Å². The van der Waals surface area contributed by atoms with Crippen molar-refractivity contribution in [3.8, 4) is 0 Å². The van der Waals surface area contributed by atoms with E-state index >= 15 is 0 Å². The predicted octanol–water partition coefficient (Wildman–Crippen LogP) is 5.91. The van der Waals surface area contributed by atoms with Gasteiger partial charge in [-0.15, -0.1) is 0 Å². The van der Waals surface area contributed by atoms with E-state index < -0.39 is 0 Å². The molecule has 9 aliphatic carbocycles. The molecule has 0 aromatic rings. The molecule has 0 aromatic carbocycles. The van der Waals surface area contributed by atoms with Crippen LogP contribution < -0.4 is 0 Å². The summed E-state index contributed by atoms with van der Waals surface area (Å²) in [5.41, 5.74) is 1.82. The van der Waals surface area contributed by atoms with Gasteiger partial charge >= 0.3 is 0 Å². The average Bonchev–Trinajstić information content (AvgIpc) is 3.09. The van der Waals surface area contributed by atoms with E-state index in [0.717, 1.165) is 22.7 Å². The van der Waals surface area contributed by atoms with Crippen LogP contribution in [0.15, 0.2) is 0 Å². The fourth-order valence-corrected chi connectivity index (χ4v) is 10.8. The molecular formula is C23H34. The molecule has 0 aliphatic heterocycles. The van der Waals surface area contributed by atoms with Gasteiger partial charge in [0, 0.05) is 0 Å². The van der Waals surface area contributed by atoms with E-state index in [9.17, 15) is 0 Å². The van der Waals surface area contributed by atoms with E-state index in [2.05, 4.69) is 6.92 Å². The normalized spacial score (nSPS) is 69.5. The van der Waals surface area contributed by atoms with Crippen LogP contribution in [0.1, 0.15) is 77.6 Å². The Morgan fingerprint density at radius 3 is 2.52 bits per heavy atom. The zero-order valence-electron chi connectivity index (χ0n) is 15.0. The van der Waals surface area contributed by atoms with E-state index in [4.69, 9.17) is 0 Å². The van der Waals surface area contributed by atoms with Crippen molar-refractivity contribution in [1.82, 2.24) is 0 Å². The highest BCUT2D eigenvalue weighted by molar-refractivity contribution is 5.34. The summed E-state index contributed by atoms with van der Waals surface area (Å²) < 4.78 is 0. The first-order chi connectivity index (χ1) is 11.2. The summed E-state index contributed by atoms with van der Waals surface area (Å²) in [7, 11) is 0. The third-order valence-electron chi connectivity index (χ3n) is 11.3. The fraction of sp³-hybridized carbons (Fsp3) is 1.00. The maximum absolute atomic E-state index is 2.55. The SMILES string of the molecule is CCC1C2CCC3C4C1(CC1C5CC(CC6CCC61)C5)CC34C2. The Morgan fingerprint density at radius 2 is 1.74 bits per heavy atom. The zero-order chi connectivity index (χ0) is 15.0. The molecule has 1 spiro atoms. The van der Waals surface area contributed by atoms with Crippen molar-refractivity contribution in [2.45, 2.75) is 77.6 Å². The molecule has 23 heavy (non-hydrogen) atoms. The highest BCUT2D eigenvalue weighted by Gasteiger charge is 2.86. The Balaban J connectivity index is 1.24. The Morgan fingerprint density at radius 1 is 0.913 bits per heavy atom. The molecule has 9 saturated carbocycles. The molecule has 0 saturated heterocycles. The smallest absolute Gasteiger partial charge is 0.0221 e. The molecule has 126 valence electrons. The van der Waals surface area contributed by atoms with Crippen LogP contribution in [0.4, 0.5) is 0 Å². The molecule has 0 aromatic heterocycles. The zero-order valence-corrected chi connectivity index (χ0v) is 15.0. The van der Waals surface area contributed by atoms with Crippen LogP contribution in [0, 0.1) is 64.1 Å². The predicted molar refractivity (Wildman–Crippen MR) is 92.7 cm³/mol. The summed E-state index contributed by atoms with van der Waals surface area (Å²) in [5.74, 6) is 10.6. The summed E-state index contributed by atoms with van der Waals surface area (Å²) >= 11 is 0. The van der Waals surface area contributed by atoms with Crippen molar-refractivity contribution >= 4 is 0 Å². The molecule has 0 radical (unpaired) electrons. The standard InChI is InChI=1S/C23H34/c1-2-19-15-4-6-20-21-22(20,10-15)12-23(19,21)11-18-16-8-13(9-16)7-14-3-5-17(14)18/h13-21H,2-12H2,1H3. The number of hydrogen-bond acceptors (Lipinski definition) is 0. The minimum Gasteiger partial charge on any atom is -0.0651 e. The van der Waals surface area contributed by atoms with E-state index in [-0.39, 0.29) is 0 Å².